The van der Waals surface area contributed by atoms with Gasteiger partial charge >= 0.3 is 12.0 Å². The summed E-state index contributed by atoms with van der Waals surface area (Å²) in [7, 11) is 0. The van der Waals surface area contributed by atoms with Crippen molar-refractivity contribution in [2.45, 2.75) is 45.1 Å². The average molecular weight is 228 g/mol. The molecule has 0 aliphatic heterocycles. The van der Waals surface area contributed by atoms with Crippen LogP contribution in [0.1, 0.15) is 39.5 Å². The maximum absolute atomic E-state index is 11.5. The van der Waals surface area contributed by atoms with Crippen molar-refractivity contribution in [2.75, 3.05) is 6.54 Å². The molecule has 0 aromatic heterocycles. The van der Waals surface area contributed by atoms with Gasteiger partial charge in [-0.05, 0) is 31.6 Å². The highest BCUT2D eigenvalue weighted by molar-refractivity contribution is 5.86. The van der Waals surface area contributed by atoms with Gasteiger partial charge in [0.1, 0.15) is 5.54 Å². The van der Waals surface area contributed by atoms with Gasteiger partial charge in [-0.25, -0.2) is 9.59 Å². The summed E-state index contributed by atoms with van der Waals surface area (Å²) in [6.45, 7) is 4.17. The smallest absolute Gasteiger partial charge is 0.329 e. The second-order valence-corrected chi connectivity index (χ2v) is 4.37. The van der Waals surface area contributed by atoms with Crippen LogP contribution >= 0.6 is 0 Å². The summed E-state index contributed by atoms with van der Waals surface area (Å²) in [4.78, 5) is 22.7. The Kier molecular flexibility index (Phi) is 4.15. The molecule has 92 valence electrons. The Hall–Kier alpha value is -1.26. The molecule has 16 heavy (non-hydrogen) atoms. The van der Waals surface area contributed by atoms with Gasteiger partial charge < -0.3 is 15.7 Å². The fraction of sp³-hybridized carbons (Fsp3) is 0.818. The van der Waals surface area contributed by atoms with E-state index in [1.165, 1.54) is 0 Å². The monoisotopic (exact) mass is 228 g/mol. The highest BCUT2D eigenvalue weighted by Crippen LogP contribution is 2.27. The molecule has 2 amide bonds. The molecule has 1 rings (SSSR count). The molecular formula is C11H20N2O3. The fourth-order valence-electron chi connectivity index (χ4n) is 1.60. The van der Waals surface area contributed by atoms with E-state index in [1.807, 2.05) is 0 Å². The van der Waals surface area contributed by atoms with Crippen LogP contribution in [0.5, 0.6) is 0 Å². The van der Waals surface area contributed by atoms with Gasteiger partial charge in [-0.2, -0.15) is 0 Å². The summed E-state index contributed by atoms with van der Waals surface area (Å²) < 4.78 is 0. The quantitative estimate of drug-likeness (QED) is 0.642. The fourth-order valence-corrected chi connectivity index (χ4v) is 1.60. The number of carboxylic acid groups (broad SMARTS) is 1. The Morgan fingerprint density at radius 1 is 1.31 bits per heavy atom. The first kappa shape index (κ1) is 12.8. The molecule has 1 aliphatic rings. The molecule has 5 nitrogen and oxygen atoms in total. The lowest BCUT2D eigenvalue weighted by Gasteiger charge is -2.28. The standard InChI is InChI=1S/C11H20N2O3/c1-3-11(4-2,9(14)15)13-10(16)12-7-8-5-6-8/h8H,3-7H2,1-2H3,(H,14,15)(H2,12,13,16). The Morgan fingerprint density at radius 3 is 2.25 bits per heavy atom. The maximum atomic E-state index is 11.5. The molecule has 0 aromatic rings. The lowest BCUT2D eigenvalue weighted by Crippen LogP contribution is -2.56. The zero-order valence-corrected chi connectivity index (χ0v) is 9.88. The third-order valence-electron chi connectivity index (χ3n) is 3.22. The average Bonchev–Trinajstić information content (AvgIpc) is 3.06. The number of carbonyl (C=O) groups excluding carboxylic acids is 1. The van der Waals surface area contributed by atoms with E-state index in [-0.39, 0.29) is 6.03 Å². The molecule has 0 radical (unpaired) electrons. The zero-order valence-electron chi connectivity index (χ0n) is 9.88. The Labute approximate surface area is 95.6 Å². The highest BCUT2D eigenvalue weighted by Gasteiger charge is 2.36. The highest BCUT2D eigenvalue weighted by atomic mass is 16.4. The summed E-state index contributed by atoms with van der Waals surface area (Å²) in [5.41, 5.74) is -1.13. The van der Waals surface area contributed by atoms with Crippen LogP contribution in [0.25, 0.3) is 0 Å². The summed E-state index contributed by atoms with van der Waals surface area (Å²) in [6.07, 6.45) is 3.09. The second kappa shape index (κ2) is 5.18. The van der Waals surface area contributed by atoms with E-state index in [0.29, 0.717) is 25.3 Å². The molecule has 1 saturated carbocycles. The third-order valence-corrected chi connectivity index (χ3v) is 3.22. The number of amides is 2. The maximum Gasteiger partial charge on any atom is 0.329 e. The minimum atomic E-state index is -1.13. The van der Waals surface area contributed by atoms with E-state index >= 15 is 0 Å². The van der Waals surface area contributed by atoms with E-state index in [4.69, 9.17) is 5.11 Å². The number of aliphatic carboxylic acids is 1. The van der Waals surface area contributed by atoms with E-state index < -0.39 is 11.5 Å². The van der Waals surface area contributed by atoms with Crippen molar-refractivity contribution in [1.82, 2.24) is 10.6 Å². The first-order valence-corrected chi connectivity index (χ1v) is 5.83. The van der Waals surface area contributed by atoms with Crippen molar-refractivity contribution in [3.05, 3.63) is 0 Å². The zero-order chi connectivity index (χ0) is 12.2. The van der Waals surface area contributed by atoms with Crippen molar-refractivity contribution in [3.8, 4) is 0 Å². The summed E-state index contributed by atoms with van der Waals surface area (Å²) >= 11 is 0. The van der Waals surface area contributed by atoms with Crippen LogP contribution in [0.4, 0.5) is 4.79 Å². The molecule has 0 bridgehead atoms. The molecule has 0 unspecified atom stereocenters. The molecule has 0 atom stereocenters. The molecule has 1 fully saturated rings. The number of hydrogen-bond acceptors (Lipinski definition) is 2. The largest absolute Gasteiger partial charge is 0.480 e. The number of carboxylic acids is 1. The molecular weight excluding hydrogens is 208 g/mol. The van der Waals surface area contributed by atoms with Crippen molar-refractivity contribution in [2.24, 2.45) is 5.92 Å². The summed E-state index contributed by atoms with van der Waals surface area (Å²) in [5, 5.41) is 14.4. The number of hydrogen-bond donors (Lipinski definition) is 3. The van der Waals surface area contributed by atoms with Crippen LogP contribution in [0.3, 0.4) is 0 Å². The lowest BCUT2D eigenvalue weighted by atomic mass is 9.93. The number of carbonyl (C=O) groups is 2. The van der Waals surface area contributed by atoms with Crippen LogP contribution in [-0.4, -0.2) is 29.2 Å². The molecule has 3 N–H and O–H groups in total. The van der Waals surface area contributed by atoms with Crippen LogP contribution in [0.2, 0.25) is 0 Å². The Morgan fingerprint density at radius 2 is 1.88 bits per heavy atom. The molecule has 0 saturated heterocycles. The predicted molar refractivity (Wildman–Crippen MR) is 60.2 cm³/mol. The Balaban J connectivity index is 2.45. The van der Waals surface area contributed by atoms with Crippen molar-refractivity contribution in [3.63, 3.8) is 0 Å². The van der Waals surface area contributed by atoms with Gasteiger partial charge in [0.05, 0.1) is 0 Å². The van der Waals surface area contributed by atoms with Gasteiger partial charge in [-0.15, -0.1) is 0 Å². The molecule has 0 aromatic carbocycles. The first-order valence-electron chi connectivity index (χ1n) is 5.83. The van der Waals surface area contributed by atoms with Crippen molar-refractivity contribution in [1.29, 1.82) is 0 Å². The normalized spacial score (nSPS) is 15.6. The van der Waals surface area contributed by atoms with E-state index in [9.17, 15) is 9.59 Å². The topological polar surface area (TPSA) is 78.4 Å². The Bertz CT molecular complexity index is 270. The predicted octanol–water partition coefficient (Wildman–Crippen LogP) is 1.34. The SMILES string of the molecule is CCC(CC)(NC(=O)NCC1CC1)C(=O)O. The third kappa shape index (κ3) is 3.12. The molecule has 0 heterocycles. The van der Waals surface area contributed by atoms with Gasteiger partial charge in [0, 0.05) is 6.54 Å². The minimum Gasteiger partial charge on any atom is -0.480 e. The minimum absolute atomic E-state index is 0.377. The number of rotatable bonds is 6. The van der Waals surface area contributed by atoms with E-state index in [1.54, 1.807) is 13.8 Å². The van der Waals surface area contributed by atoms with Crippen LogP contribution in [0, 0.1) is 5.92 Å². The van der Waals surface area contributed by atoms with Crippen LogP contribution < -0.4 is 10.6 Å². The van der Waals surface area contributed by atoms with Gasteiger partial charge in [-0.3, -0.25) is 0 Å². The first-order chi connectivity index (χ1) is 7.54. The number of nitrogens with one attached hydrogen (secondary N) is 2. The van der Waals surface area contributed by atoms with Crippen molar-refractivity contribution < 1.29 is 14.7 Å². The van der Waals surface area contributed by atoms with Gasteiger partial charge in [0.2, 0.25) is 0 Å². The number of urea groups is 1. The lowest BCUT2D eigenvalue weighted by molar-refractivity contribution is -0.144. The van der Waals surface area contributed by atoms with Gasteiger partial charge in [0.25, 0.3) is 0 Å². The van der Waals surface area contributed by atoms with E-state index in [2.05, 4.69) is 10.6 Å². The molecule has 0 spiro atoms. The van der Waals surface area contributed by atoms with Gasteiger partial charge in [0.15, 0.2) is 0 Å². The van der Waals surface area contributed by atoms with Crippen LogP contribution in [-0.2, 0) is 4.79 Å². The summed E-state index contributed by atoms with van der Waals surface area (Å²) in [5.74, 6) is -0.382. The second-order valence-electron chi connectivity index (χ2n) is 4.37. The molecule has 5 heteroatoms. The van der Waals surface area contributed by atoms with E-state index in [0.717, 1.165) is 12.8 Å². The van der Waals surface area contributed by atoms with Crippen LogP contribution in [0.15, 0.2) is 0 Å². The summed E-state index contributed by atoms with van der Waals surface area (Å²) in [6, 6.07) is -0.377. The van der Waals surface area contributed by atoms with Crippen molar-refractivity contribution >= 4 is 12.0 Å². The molecule has 1 aliphatic carbocycles. The van der Waals surface area contributed by atoms with Gasteiger partial charge in [-0.1, -0.05) is 13.8 Å².